The van der Waals surface area contributed by atoms with Crippen molar-refractivity contribution in [3.05, 3.63) is 53.6 Å². The van der Waals surface area contributed by atoms with Gasteiger partial charge in [0, 0.05) is 24.5 Å². The SMILES string of the molecule is CC1c2cc3c(cc2C2(CCCC2)CN1CCS(=O)(=O)c1ccccc1)OCCO3. The lowest BCUT2D eigenvalue weighted by Crippen LogP contribution is -2.47. The summed E-state index contributed by atoms with van der Waals surface area (Å²) in [6.45, 7) is 4.80. The van der Waals surface area contributed by atoms with Crippen LogP contribution in [0.2, 0.25) is 0 Å². The number of sulfone groups is 1. The standard InChI is InChI=1S/C24H29NO4S/c1-18-20-15-22-23(29-13-12-28-22)16-21(20)24(9-5-6-10-24)17-25(18)11-14-30(26,27)19-7-3-2-4-8-19/h2-4,7-8,15-16,18H,5-6,9-14,17H2,1H3. The van der Waals surface area contributed by atoms with Gasteiger partial charge in [-0.1, -0.05) is 31.0 Å². The molecule has 0 amide bonds. The van der Waals surface area contributed by atoms with Crippen molar-refractivity contribution >= 4 is 9.84 Å². The zero-order chi connectivity index (χ0) is 20.8. The number of nitrogens with zero attached hydrogens (tertiary/aromatic N) is 1. The maximum absolute atomic E-state index is 12.9. The van der Waals surface area contributed by atoms with Crippen LogP contribution in [0.15, 0.2) is 47.4 Å². The van der Waals surface area contributed by atoms with Gasteiger partial charge in [0.15, 0.2) is 21.3 Å². The normalized spacial score (nSPS) is 22.8. The minimum absolute atomic E-state index is 0.0915. The van der Waals surface area contributed by atoms with Gasteiger partial charge in [0.2, 0.25) is 0 Å². The van der Waals surface area contributed by atoms with E-state index in [0.29, 0.717) is 24.7 Å². The quantitative estimate of drug-likeness (QED) is 0.735. The van der Waals surface area contributed by atoms with Gasteiger partial charge in [-0.25, -0.2) is 8.42 Å². The first kappa shape index (κ1) is 19.9. The fraction of sp³-hybridized carbons (Fsp3) is 0.500. The lowest BCUT2D eigenvalue weighted by atomic mass is 9.71. The first-order chi connectivity index (χ1) is 14.5. The monoisotopic (exact) mass is 427 g/mol. The molecule has 160 valence electrons. The maximum atomic E-state index is 12.9. The second-order valence-corrected chi connectivity index (χ2v) is 11.0. The summed E-state index contributed by atoms with van der Waals surface area (Å²) < 4.78 is 37.5. The van der Waals surface area contributed by atoms with Crippen LogP contribution in [-0.2, 0) is 15.3 Å². The number of ether oxygens (including phenoxy) is 2. The molecule has 0 radical (unpaired) electrons. The molecular formula is C24H29NO4S. The Morgan fingerprint density at radius 1 is 1.03 bits per heavy atom. The van der Waals surface area contributed by atoms with E-state index in [2.05, 4.69) is 24.0 Å². The molecule has 0 N–H and O–H groups in total. The average molecular weight is 428 g/mol. The molecule has 1 fully saturated rings. The summed E-state index contributed by atoms with van der Waals surface area (Å²) in [6, 6.07) is 13.3. The van der Waals surface area contributed by atoms with Crippen LogP contribution < -0.4 is 9.47 Å². The summed E-state index contributed by atoms with van der Waals surface area (Å²) in [7, 11) is -3.30. The molecule has 0 aromatic heterocycles. The highest BCUT2D eigenvalue weighted by molar-refractivity contribution is 7.91. The highest BCUT2D eigenvalue weighted by atomic mass is 32.2. The van der Waals surface area contributed by atoms with Gasteiger partial charge in [0.25, 0.3) is 0 Å². The molecule has 6 heteroatoms. The summed E-state index contributed by atoms with van der Waals surface area (Å²) in [5.41, 5.74) is 2.75. The van der Waals surface area contributed by atoms with E-state index in [1.165, 1.54) is 24.0 Å². The van der Waals surface area contributed by atoms with Crippen LogP contribution in [0.1, 0.15) is 49.8 Å². The van der Waals surface area contributed by atoms with Gasteiger partial charge >= 0.3 is 0 Å². The summed E-state index contributed by atoms with van der Waals surface area (Å²) in [4.78, 5) is 2.77. The van der Waals surface area contributed by atoms with E-state index in [1.807, 2.05) is 6.07 Å². The molecule has 0 bridgehead atoms. The molecule has 0 saturated heterocycles. The Morgan fingerprint density at radius 3 is 2.40 bits per heavy atom. The predicted molar refractivity (Wildman–Crippen MR) is 116 cm³/mol. The third kappa shape index (κ3) is 3.40. The molecule has 2 aromatic carbocycles. The Bertz CT molecular complexity index is 1030. The highest BCUT2D eigenvalue weighted by Gasteiger charge is 2.45. The molecule has 1 spiro atoms. The van der Waals surface area contributed by atoms with Crippen LogP contribution >= 0.6 is 0 Å². The summed E-state index contributed by atoms with van der Waals surface area (Å²) >= 11 is 0. The van der Waals surface area contributed by atoms with Crippen molar-refractivity contribution in [1.29, 1.82) is 0 Å². The predicted octanol–water partition coefficient (Wildman–Crippen LogP) is 4.12. The Hall–Kier alpha value is -2.05. The van der Waals surface area contributed by atoms with E-state index in [9.17, 15) is 8.42 Å². The number of fused-ring (bicyclic) bond motifs is 3. The van der Waals surface area contributed by atoms with Crippen LogP contribution in [0.3, 0.4) is 0 Å². The van der Waals surface area contributed by atoms with E-state index in [0.717, 1.165) is 30.9 Å². The van der Waals surface area contributed by atoms with E-state index in [4.69, 9.17) is 9.47 Å². The van der Waals surface area contributed by atoms with Crippen molar-refractivity contribution in [2.75, 3.05) is 32.1 Å². The molecule has 3 aliphatic rings. The van der Waals surface area contributed by atoms with Crippen LogP contribution in [0.5, 0.6) is 11.5 Å². The molecule has 5 nitrogen and oxygen atoms in total. The Balaban J connectivity index is 1.45. The summed E-state index contributed by atoms with van der Waals surface area (Å²) in [6.07, 6.45) is 4.74. The lowest BCUT2D eigenvalue weighted by molar-refractivity contribution is 0.139. The number of benzene rings is 2. The second-order valence-electron chi connectivity index (χ2n) is 8.85. The Morgan fingerprint density at radius 2 is 1.70 bits per heavy atom. The fourth-order valence-electron chi connectivity index (χ4n) is 5.45. The molecule has 1 saturated carbocycles. The smallest absolute Gasteiger partial charge is 0.179 e. The summed E-state index contributed by atoms with van der Waals surface area (Å²) in [5.74, 6) is 1.81. The summed E-state index contributed by atoms with van der Waals surface area (Å²) in [5, 5.41) is 0. The van der Waals surface area contributed by atoms with Crippen LogP contribution in [0.4, 0.5) is 0 Å². The average Bonchev–Trinajstić information content (AvgIpc) is 3.24. The molecule has 1 atom stereocenters. The van der Waals surface area contributed by atoms with Gasteiger partial charge in [-0.3, -0.25) is 4.90 Å². The second kappa shape index (κ2) is 7.57. The van der Waals surface area contributed by atoms with Gasteiger partial charge in [0.05, 0.1) is 10.6 Å². The Labute approximate surface area is 178 Å². The van der Waals surface area contributed by atoms with E-state index >= 15 is 0 Å². The fourth-order valence-corrected chi connectivity index (χ4v) is 6.73. The van der Waals surface area contributed by atoms with Crippen molar-refractivity contribution in [2.24, 2.45) is 0 Å². The molecule has 1 aliphatic carbocycles. The van der Waals surface area contributed by atoms with Gasteiger partial charge in [-0.05, 0) is 55.2 Å². The Kier molecular flexibility index (Phi) is 5.02. The van der Waals surface area contributed by atoms with Crippen LogP contribution in [-0.4, -0.2) is 45.4 Å². The van der Waals surface area contributed by atoms with Crippen molar-refractivity contribution in [3.8, 4) is 11.5 Å². The van der Waals surface area contributed by atoms with Crippen molar-refractivity contribution in [1.82, 2.24) is 4.90 Å². The van der Waals surface area contributed by atoms with E-state index in [1.54, 1.807) is 24.3 Å². The van der Waals surface area contributed by atoms with Crippen LogP contribution in [0, 0.1) is 0 Å². The zero-order valence-corrected chi connectivity index (χ0v) is 18.3. The third-order valence-corrected chi connectivity index (χ3v) is 8.81. The first-order valence-corrected chi connectivity index (χ1v) is 12.6. The number of hydrogen-bond acceptors (Lipinski definition) is 5. The number of rotatable bonds is 4. The first-order valence-electron chi connectivity index (χ1n) is 10.9. The molecule has 1 unspecified atom stereocenters. The highest BCUT2D eigenvalue weighted by Crippen LogP contribution is 2.51. The zero-order valence-electron chi connectivity index (χ0n) is 17.5. The molecule has 5 rings (SSSR count). The van der Waals surface area contributed by atoms with Crippen molar-refractivity contribution in [2.45, 2.75) is 49.0 Å². The minimum atomic E-state index is -3.30. The third-order valence-electron chi connectivity index (χ3n) is 7.10. The molecule has 2 heterocycles. The van der Waals surface area contributed by atoms with Crippen molar-refractivity contribution < 1.29 is 17.9 Å². The van der Waals surface area contributed by atoms with Gasteiger partial charge < -0.3 is 9.47 Å². The van der Waals surface area contributed by atoms with Gasteiger partial charge in [-0.15, -0.1) is 0 Å². The maximum Gasteiger partial charge on any atom is 0.179 e. The molecule has 2 aliphatic heterocycles. The van der Waals surface area contributed by atoms with Crippen LogP contribution in [0.25, 0.3) is 0 Å². The minimum Gasteiger partial charge on any atom is -0.486 e. The number of hydrogen-bond donors (Lipinski definition) is 0. The topological polar surface area (TPSA) is 55.8 Å². The lowest BCUT2D eigenvalue weighted by Gasteiger charge is -2.46. The molecular weight excluding hydrogens is 398 g/mol. The molecule has 30 heavy (non-hydrogen) atoms. The van der Waals surface area contributed by atoms with Crippen molar-refractivity contribution in [3.63, 3.8) is 0 Å². The van der Waals surface area contributed by atoms with E-state index in [-0.39, 0.29) is 17.2 Å². The van der Waals surface area contributed by atoms with Gasteiger partial charge in [0.1, 0.15) is 13.2 Å². The molecule has 2 aromatic rings. The largest absolute Gasteiger partial charge is 0.486 e. The van der Waals surface area contributed by atoms with E-state index < -0.39 is 9.84 Å². The van der Waals surface area contributed by atoms with Gasteiger partial charge in [-0.2, -0.15) is 0 Å².